The number of carbonyl (C=O) groups is 1. The number of aromatic nitrogens is 3. The molecular weight excluding hydrogens is 390 g/mol. The summed E-state index contributed by atoms with van der Waals surface area (Å²) in [5.74, 6) is 0.484. The minimum absolute atomic E-state index is 0.176. The van der Waals surface area contributed by atoms with Gasteiger partial charge in [-0.15, -0.1) is 22.7 Å². The summed E-state index contributed by atoms with van der Waals surface area (Å²) >= 11 is 3.00. The molecule has 0 bridgehead atoms. The Bertz CT molecular complexity index is 1060. The molecule has 0 radical (unpaired) electrons. The molecule has 0 aliphatic heterocycles. The molecule has 1 amide bonds. The minimum Gasteiger partial charge on any atom is -0.378 e. The first-order chi connectivity index (χ1) is 13.6. The van der Waals surface area contributed by atoms with Crippen molar-refractivity contribution in [3.8, 4) is 9.88 Å². The molecule has 28 heavy (non-hydrogen) atoms. The van der Waals surface area contributed by atoms with Gasteiger partial charge in [0.1, 0.15) is 15.7 Å². The first kappa shape index (κ1) is 18.4. The number of nitrogens with zero attached hydrogens (tertiary/aromatic N) is 4. The second-order valence-electron chi connectivity index (χ2n) is 6.40. The predicted octanol–water partition coefficient (Wildman–Crippen LogP) is 4.43. The van der Waals surface area contributed by atoms with Gasteiger partial charge in [0, 0.05) is 25.8 Å². The number of carbonyl (C=O) groups excluding carboxylic acids is 1. The van der Waals surface area contributed by atoms with Crippen LogP contribution < -0.4 is 10.2 Å². The summed E-state index contributed by atoms with van der Waals surface area (Å²) in [5.41, 5.74) is 2.26. The van der Waals surface area contributed by atoms with Gasteiger partial charge in [0.2, 0.25) is 0 Å². The van der Waals surface area contributed by atoms with Crippen LogP contribution in [0.15, 0.2) is 60.2 Å². The molecule has 4 rings (SSSR count). The van der Waals surface area contributed by atoms with Crippen LogP contribution in [0.2, 0.25) is 0 Å². The normalized spacial score (nSPS) is 10.8. The highest BCUT2D eigenvalue weighted by molar-refractivity contribution is 7.22. The van der Waals surface area contributed by atoms with Gasteiger partial charge in [-0.3, -0.25) is 4.79 Å². The molecule has 3 aromatic heterocycles. The number of hydrogen-bond acceptors (Lipinski definition) is 6. The Morgan fingerprint density at radius 2 is 2.00 bits per heavy atom. The third-order valence-corrected chi connectivity index (χ3v) is 6.24. The van der Waals surface area contributed by atoms with Crippen molar-refractivity contribution in [1.82, 2.24) is 14.8 Å². The number of anilines is 2. The summed E-state index contributed by atoms with van der Waals surface area (Å²) in [4.78, 5) is 20.7. The van der Waals surface area contributed by atoms with Gasteiger partial charge in [0.15, 0.2) is 0 Å². The zero-order chi connectivity index (χ0) is 19.5. The van der Waals surface area contributed by atoms with E-state index in [1.807, 2.05) is 31.6 Å². The summed E-state index contributed by atoms with van der Waals surface area (Å²) in [5, 5.41) is 10.1. The Balaban J connectivity index is 1.46. The van der Waals surface area contributed by atoms with Crippen molar-refractivity contribution in [3.63, 3.8) is 0 Å². The summed E-state index contributed by atoms with van der Waals surface area (Å²) < 4.78 is 1.78. The van der Waals surface area contributed by atoms with E-state index in [-0.39, 0.29) is 5.91 Å². The van der Waals surface area contributed by atoms with E-state index in [0.29, 0.717) is 17.2 Å². The second-order valence-corrected chi connectivity index (χ2v) is 8.37. The average molecular weight is 410 g/mol. The fourth-order valence-corrected chi connectivity index (χ4v) is 4.32. The van der Waals surface area contributed by atoms with Crippen LogP contribution in [0.5, 0.6) is 0 Å². The van der Waals surface area contributed by atoms with E-state index >= 15 is 0 Å². The molecule has 6 nitrogen and oxygen atoms in total. The van der Waals surface area contributed by atoms with E-state index < -0.39 is 0 Å². The van der Waals surface area contributed by atoms with E-state index in [9.17, 15) is 4.79 Å². The lowest BCUT2D eigenvalue weighted by Gasteiger charge is -2.13. The number of thiophene rings is 1. The summed E-state index contributed by atoms with van der Waals surface area (Å²) in [6, 6.07) is 14.1. The van der Waals surface area contributed by atoms with Crippen LogP contribution in [0.25, 0.3) is 9.88 Å². The third kappa shape index (κ3) is 3.97. The summed E-state index contributed by atoms with van der Waals surface area (Å²) in [6.45, 7) is 0.583. The Labute approximate surface area is 171 Å². The lowest BCUT2D eigenvalue weighted by molar-refractivity contribution is 0.102. The van der Waals surface area contributed by atoms with Gasteiger partial charge in [-0.05, 0) is 29.1 Å². The molecular formula is C20H19N5OS2. The average Bonchev–Trinajstić information content (AvgIpc) is 3.44. The fraction of sp³-hybridized carbons (Fsp3) is 0.150. The highest BCUT2D eigenvalue weighted by atomic mass is 32.1. The van der Waals surface area contributed by atoms with E-state index in [0.717, 1.165) is 21.1 Å². The van der Waals surface area contributed by atoms with Crippen LogP contribution in [0.1, 0.15) is 15.2 Å². The topological polar surface area (TPSA) is 63.1 Å². The van der Waals surface area contributed by atoms with Crippen molar-refractivity contribution in [2.45, 2.75) is 6.54 Å². The molecule has 0 aliphatic rings. The first-order valence-electron chi connectivity index (χ1n) is 8.69. The van der Waals surface area contributed by atoms with Gasteiger partial charge in [-0.2, -0.15) is 5.10 Å². The number of benzene rings is 1. The Morgan fingerprint density at radius 1 is 1.18 bits per heavy atom. The molecule has 4 aromatic rings. The lowest BCUT2D eigenvalue weighted by Crippen LogP contribution is -2.15. The van der Waals surface area contributed by atoms with Crippen molar-refractivity contribution in [2.75, 3.05) is 24.3 Å². The molecule has 0 aliphatic carbocycles. The number of rotatable bonds is 6. The molecule has 0 atom stereocenters. The molecule has 0 unspecified atom stereocenters. The van der Waals surface area contributed by atoms with Crippen molar-refractivity contribution < 1.29 is 4.79 Å². The van der Waals surface area contributed by atoms with Crippen LogP contribution in [0.3, 0.4) is 0 Å². The standard InChI is InChI=1S/C20H19N5OS2/c1-24(2)15-7-5-14(6-8-15)13-25-18(9-10-22-25)23-19(26)17-12-21-20(28-17)16-4-3-11-27-16/h3-12H,13H2,1-2H3,(H,23,26). The molecule has 0 saturated heterocycles. The molecule has 8 heteroatoms. The van der Waals surface area contributed by atoms with Gasteiger partial charge >= 0.3 is 0 Å². The largest absolute Gasteiger partial charge is 0.378 e. The molecule has 3 heterocycles. The monoisotopic (exact) mass is 409 g/mol. The fourth-order valence-electron chi connectivity index (χ4n) is 2.71. The van der Waals surface area contributed by atoms with Crippen molar-refractivity contribution >= 4 is 40.1 Å². The van der Waals surface area contributed by atoms with Crippen molar-refractivity contribution in [3.05, 3.63) is 70.7 Å². The molecule has 0 fully saturated rings. The summed E-state index contributed by atoms with van der Waals surface area (Å²) in [6.07, 6.45) is 3.31. The quantitative estimate of drug-likeness (QED) is 0.512. The van der Waals surface area contributed by atoms with E-state index in [4.69, 9.17) is 0 Å². The SMILES string of the molecule is CN(C)c1ccc(Cn2nccc2NC(=O)c2cnc(-c3cccs3)s2)cc1. The highest BCUT2D eigenvalue weighted by Gasteiger charge is 2.14. The van der Waals surface area contributed by atoms with Gasteiger partial charge in [0.05, 0.1) is 23.8 Å². The maximum Gasteiger partial charge on any atom is 0.268 e. The number of thiazole rings is 1. The zero-order valence-electron chi connectivity index (χ0n) is 15.5. The molecule has 0 spiro atoms. The molecule has 142 valence electrons. The van der Waals surface area contributed by atoms with Gasteiger partial charge in [-0.1, -0.05) is 18.2 Å². The van der Waals surface area contributed by atoms with Crippen LogP contribution in [0, 0.1) is 0 Å². The van der Waals surface area contributed by atoms with Crippen molar-refractivity contribution in [2.24, 2.45) is 0 Å². The third-order valence-electron chi connectivity index (χ3n) is 4.20. The van der Waals surface area contributed by atoms with Gasteiger partial charge in [-0.25, -0.2) is 9.67 Å². The minimum atomic E-state index is -0.176. The van der Waals surface area contributed by atoms with E-state index in [1.54, 1.807) is 34.5 Å². The van der Waals surface area contributed by atoms with E-state index in [2.05, 4.69) is 44.6 Å². The smallest absolute Gasteiger partial charge is 0.268 e. The Kier molecular flexibility index (Phi) is 5.23. The van der Waals surface area contributed by atoms with Crippen LogP contribution in [-0.4, -0.2) is 34.8 Å². The van der Waals surface area contributed by atoms with Gasteiger partial charge in [0.25, 0.3) is 5.91 Å². The van der Waals surface area contributed by atoms with Crippen LogP contribution in [0.4, 0.5) is 11.5 Å². The number of amides is 1. The maximum atomic E-state index is 12.6. The zero-order valence-corrected chi connectivity index (χ0v) is 17.1. The molecule has 0 saturated carbocycles. The van der Waals surface area contributed by atoms with Gasteiger partial charge < -0.3 is 10.2 Å². The number of nitrogens with one attached hydrogen (secondary N) is 1. The second kappa shape index (κ2) is 7.95. The number of hydrogen-bond donors (Lipinski definition) is 1. The molecule has 1 N–H and O–H groups in total. The first-order valence-corrected chi connectivity index (χ1v) is 10.4. The predicted molar refractivity (Wildman–Crippen MR) is 115 cm³/mol. The van der Waals surface area contributed by atoms with Crippen LogP contribution >= 0.6 is 22.7 Å². The summed E-state index contributed by atoms with van der Waals surface area (Å²) in [7, 11) is 4.03. The van der Waals surface area contributed by atoms with E-state index in [1.165, 1.54) is 11.3 Å². The maximum absolute atomic E-state index is 12.6. The lowest BCUT2D eigenvalue weighted by atomic mass is 10.2. The van der Waals surface area contributed by atoms with Crippen LogP contribution in [-0.2, 0) is 6.54 Å². The Morgan fingerprint density at radius 3 is 2.71 bits per heavy atom. The highest BCUT2D eigenvalue weighted by Crippen LogP contribution is 2.29. The molecule has 1 aromatic carbocycles. The Hall–Kier alpha value is -2.97. The van der Waals surface area contributed by atoms with Crippen molar-refractivity contribution in [1.29, 1.82) is 0 Å².